The summed E-state index contributed by atoms with van der Waals surface area (Å²) < 4.78 is 5.15. The molecule has 0 N–H and O–H groups in total. The minimum absolute atomic E-state index is 0.0662. The van der Waals surface area contributed by atoms with Gasteiger partial charge < -0.3 is 9.32 Å². The molecule has 7 nitrogen and oxygen atoms in total. The van der Waals surface area contributed by atoms with Gasteiger partial charge in [0.15, 0.2) is 0 Å². The summed E-state index contributed by atoms with van der Waals surface area (Å²) in [7, 11) is 0. The first-order chi connectivity index (χ1) is 11.0. The van der Waals surface area contributed by atoms with Crippen LogP contribution in [0.1, 0.15) is 36.5 Å². The minimum atomic E-state index is -0.714. The summed E-state index contributed by atoms with van der Waals surface area (Å²) in [6.45, 7) is 2.55. The molecule has 2 heterocycles. The van der Waals surface area contributed by atoms with Crippen LogP contribution in [0.15, 0.2) is 33.5 Å². The normalized spacial score (nSPS) is 18.1. The number of nitrogens with zero attached hydrogens (tertiary/aromatic N) is 2. The van der Waals surface area contributed by atoms with Gasteiger partial charge in [-0.3, -0.25) is 14.9 Å². The third-order valence-electron chi connectivity index (χ3n) is 4.22. The quantitative estimate of drug-likeness (QED) is 0.482. The van der Waals surface area contributed by atoms with Gasteiger partial charge in [0, 0.05) is 30.1 Å². The molecule has 120 valence electrons. The number of piperidine rings is 1. The highest BCUT2D eigenvalue weighted by Gasteiger charge is 2.27. The molecule has 2 aromatic rings. The van der Waals surface area contributed by atoms with Crippen LogP contribution < -0.4 is 5.63 Å². The molecule has 7 heteroatoms. The molecule has 1 saturated heterocycles. The van der Waals surface area contributed by atoms with Gasteiger partial charge in [0.05, 0.1) is 4.92 Å². The summed E-state index contributed by atoms with van der Waals surface area (Å²) >= 11 is 0. The lowest BCUT2D eigenvalue weighted by atomic mass is 10.0. The Morgan fingerprint density at radius 3 is 2.83 bits per heavy atom. The van der Waals surface area contributed by atoms with Crippen molar-refractivity contribution in [1.82, 2.24) is 4.90 Å². The number of non-ortho nitro benzene ring substituents is 1. The molecule has 0 spiro atoms. The van der Waals surface area contributed by atoms with Crippen LogP contribution in [0.2, 0.25) is 0 Å². The number of nitro groups is 1. The van der Waals surface area contributed by atoms with Crippen molar-refractivity contribution in [3.8, 4) is 0 Å². The largest absolute Gasteiger partial charge is 0.422 e. The Labute approximate surface area is 131 Å². The van der Waals surface area contributed by atoms with E-state index in [9.17, 15) is 19.7 Å². The van der Waals surface area contributed by atoms with Crippen molar-refractivity contribution in [3.63, 3.8) is 0 Å². The molecular weight excluding hydrogens is 300 g/mol. The van der Waals surface area contributed by atoms with E-state index in [2.05, 4.69) is 0 Å². The Morgan fingerprint density at radius 2 is 2.13 bits per heavy atom. The Balaban J connectivity index is 2.05. The van der Waals surface area contributed by atoms with Crippen LogP contribution >= 0.6 is 0 Å². The second-order valence-electron chi connectivity index (χ2n) is 5.77. The number of fused-ring (bicyclic) bond motifs is 1. The highest BCUT2D eigenvalue weighted by Crippen LogP contribution is 2.23. The number of carbonyl (C=O) groups is 1. The molecule has 1 atom stereocenters. The summed E-state index contributed by atoms with van der Waals surface area (Å²) in [5, 5.41) is 11.2. The lowest BCUT2D eigenvalue weighted by Gasteiger charge is -2.33. The molecule has 1 aliphatic rings. The van der Waals surface area contributed by atoms with Gasteiger partial charge in [-0.1, -0.05) is 0 Å². The van der Waals surface area contributed by atoms with Crippen LogP contribution in [0.5, 0.6) is 0 Å². The Bertz CT molecular complexity index is 842. The zero-order chi connectivity index (χ0) is 16.6. The number of rotatable bonds is 2. The third-order valence-corrected chi connectivity index (χ3v) is 4.22. The van der Waals surface area contributed by atoms with Crippen LogP contribution in [0.4, 0.5) is 5.69 Å². The van der Waals surface area contributed by atoms with Crippen molar-refractivity contribution in [3.05, 3.63) is 50.4 Å². The zero-order valence-corrected chi connectivity index (χ0v) is 12.7. The van der Waals surface area contributed by atoms with Crippen LogP contribution in [0, 0.1) is 10.1 Å². The van der Waals surface area contributed by atoms with Crippen LogP contribution in [0.3, 0.4) is 0 Å². The number of nitro benzene ring substituents is 1. The predicted molar refractivity (Wildman–Crippen MR) is 83.5 cm³/mol. The van der Waals surface area contributed by atoms with Gasteiger partial charge in [0.1, 0.15) is 11.1 Å². The van der Waals surface area contributed by atoms with E-state index in [1.54, 1.807) is 4.90 Å². The van der Waals surface area contributed by atoms with Gasteiger partial charge >= 0.3 is 5.63 Å². The molecule has 1 aliphatic heterocycles. The van der Waals surface area contributed by atoms with E-state index >= 15 is 0 Å². The highest BCUT2D eigenvalue weighted by molar-refractivity contribution is 5.97. The van der Waals surface area contributed by atoms with Crippen LogP contribution in [-0.2, 0) is 0 Å². The van der Waals surface area contributed by atoms with E-state index < -0.39 is 10.5 Å². The predicted octanol–water partition coefficient (Wildman–Crippen LogP) is 2.72. The first kappa shape index (κ1) is 15.2. The lowest BCUT2D eigenvalue weighted by Crippen LogP contribution is -2.43. The fourth-order valence-corrected chi connectivity index (χ4v) is 2.93. The molecule has 23 heavy (non-hydrogen) atoms. The Morgan fingerprint density at radius 1 is 1.35 bits per heavy atom. The number of amides is 1. The van der Waals surface area contributed by atoms with E-state index in [0.29, 0.717) is 11.9 Å². The average molecular weight is 316 g/mol. The smallest absolute Gasteiger partial charge is 0.349 e. The van der Waals surface area contributed by atoms with Gasteiger partial charge in [-0.2, -0.15) is 0 Å². The van der Waals surface area contributed by atoms with E-state index in [4.69, 9.17) is 4.42 Å². The fraction of sp³-hybridized carbons (Fsp3) is 0.375. The van der Waals surface area contributed by atoms with Crippen molar-refractivity contribution < 1.29 is 14.1 Å². The fourth-order valence-electron chi connectivity index (χ4n) is 2.93. The van der Waals surface area contributed by atoms with E-state index in [1.165, 1.54) is 24.3 Å². The van der Waals surface area contributed by atoms with E-state index in [0.717, 1.165) is 19.3 Å². The summed E-state index contributed by atoms with van der Waals surface area (Å²) in [5.74, 6) is -0.376. The SMILES string of the molecule is CC1CCCCN1C(=O)c1cc2cc([N+](=O)[O-])ccc2oc1=O. The topological polar surface area (TPSA) is 93.7 Å². The summed E-state index contributed by atoms with van der Waals surface area (Å²) in [4.78, 5) is 36.7. The summed E-state index contributed by atoms with van der Waals surface area (Å²) in [6.07, 6.45) is 2.86. The molecule has 0 saturated carbocycles. The maximum Gasteiger partial charge on any atom is 0.349 e. The lowest BCUT2D eigenvalue weighted by molar-refractivity contribution is -0.384. The first-order valence-electron chi connectivity index (χ1n) is 7.50. The van der Waals surface area contributed by atoms with E-state index in [1.807, 2.05) is 6.92 Å². The first-order valence-corrected chi connectivity index (χ1v) is 7.50. The number of hydrogen-bond acceptors (Lipinski definition) is 5. The van der Waals surface area contributed by atoms with Crippen molar-refractivity contribution in [2.24, 2.45) is 0 Å². The number of likely N-dealkylation sites (tertiary alicyclic amines) is 1. The van der Waals surface area contributed by atoms with Crippen LogP contribution in [-0.4, -0.2) is 28.3 Å². The highest BCUT2D eigenvalue weighted by atomic mass is 16.6. The summed E-state index contributed by atoms with van der Waals surface area (Å²) in [6, 6.07) is 5.38. The average Bonchev–Trinajstić information content (AvgIpc) is 2.53. The maximum absolute atomic E-state index is 12.6. The molecule has 0 radical (unpaired) electrons. The van der Waals surface area contributed by atoms with Crippen LogP contribution in [0.25, 0.3) is 11.0 Å². The standard InChI is InChI=1S/C16H16N2O5/c1-10-4-2-3-7-17(10)15(19)13-9-11-8-12(18(21)22)5-6-14(11)23-16(13)20/h5-6,8-10H,2-4,7H2,1H3. The molecule has 0 bridgehead atoms. The van der Waals surface area contributed by atoms with Gasteiger partial charge in [-0.25, -0.2) is 4.79 Å². The number of benzene rings is 1. The molecule has 1 amide bonds. The van der Waals surface area contributed by atoms with Gasteiger partial charge in [-0.15, -0.1) is 0 Å². The molecule has 1 aromatic heterocycles. The Hall–Kier alpha value is -2.70. The van der Waals surface area contributed by atoms with Gasteiger partial charge in [0.2, 0.25) is 0 Å². The molecule has 1 aromatic carbocycles. The number of carbonyl (C=O) groups excluding carboxylic acids is 1. The Kier molecular flexibility index (Phi) is 3.85. The van der Waals surface area contributed by atoms with Crippen molar-refractivity contribution in [2.75, 3.05) is 6.54 Å². The second kappa shape index (κ2) is 5.83. The van der Waals surface area contributed by atoms with Gasteiger partial charge in [-0.05, 0) is 38.3 Å². The van der Waals surface area contributed by atoms with Crippen molar-refractivity contribution in [1.29, 1.82) is 0 Å². The van der Waals surface area contributed by atoms with E-state index in [-0.39, 0.29) is 28.8 Å². The van der Waals surface area contributed by atoms with Crippen molar-refractivity contribution >= 4 is 22.6 Å². The second-order valence-corrected chi connectivity index (χ2v) is 5.77. The zero-order valence-electron chi connectivity index (χ0n) is 12.7. The van der Waals surface area contributed by atoms with Crippen molar-refractivity contribution in [2.45, 2.75) is 32.2 Å². The molecule has 1 fully saturated rings. The monoisotopic (exact) mass is 316 g/mol. The minimum Gasteiger partial charge on any atom is -0.422 e. The molecule has 0 aliphatic carbocycles. The maximum atomic E-state index is 12.6. The third kappa shape index (κ3) is 2.81. The molecule has 3 rings (SSSR count). The molecule has 1 unspecified atom stereocenters. The number of hydrogen-bond donors (Lipinski definition) is 0. The van der Waals surface area contributed by atoms with Gasteiger partial charge in [0.25, 0.3) is 11.6 Å². The molecular formula is C16H16N2O5. The summed E-state index contributed by atoms with van der Waals surface area (Å²) in [5.41, 5.74) is -0.680.